The number of allylic oxidation sites excluding steroid dienone is 1. The van der Waals surface area contributed by atoms with E-state index in [2.05, 4.69) is 22.0 Å². The van der Waals surface area contributed by atoms with Gasteiger partial charge in [-0.25, -0.2) is 0 Å². The summed E-state index contributed by atoms with van der Waals surface area (Å²) in [6.07, 6.45) is 6.60. The van der Waals surface area contributed by atoms with Crippen LogP contribution in [-0.4, -0.2) is 104 Å². The molecule has 2 aliphatic heterocycles. The first-order valence-electron chi connectivity index (χ1n) is 11.9. The molecule has 3 aliphatic rings. The van der Waals surface area contributed by atoms with Crippen LogP contribution in [0.15, 0.2) is 11.6 Å². The molecular weight excluding hydrogens is 444 g/mol. The highest BCUT2D eigenvalue weighted by atomic mass is 16.6. The number of ether oxygens (including phenoxy) is 2. The molecule has 2 heterocycles. The van der Waals surface area contributed by atoms with Gasteiger partial charge in [-0.2, -0.15) is 0 Å². The summed E-state index contributed by atoms with van der Waals surface area (Å²) < 4.78 is 10.5. The molecule has 0 saturated carbocycles. The van der Waals surface area contributed by atoms with Crippen LogP contribution in [0.3, 0.4) is 0 Å². The number of amides is 3. The average Bonchev–Trinajstić information content (AvgIpc) is 3.59. The average molecular weight is 481 g/mol. The van der Waals surface area contributed by atoms with Crippen LogP contribution in [0.4, 0.5) is 0 Å². The molecule has 11 nitrogen and oxygen atoms in total. The fourth-order valence-electron chi connectivity index (χ4n) is 4.11. The van der Waals surface area contributed by atoms with E-state index in [0.29, 0.717) is 39.3 Å². The maximum atomic E-state index is 12.9. The summed E-state index contributed by atoms with van der Waals surface area (Å²) in [5.41, 5.74) is 0.268. The zero-order chi connectivity index (χ0) is 24.6. The van der Waals surface area contributed by atoms with Gasteiger partial charge in [-0.3, -0.25) is 24.1 Å². The predicted molar refractivity (Wildman–Crippen MR) is 122 cm³/mol. The van der Waals surface area contributed by atoms with Gasteiger partial charge in [0, 0.05) is 13.1 Å². The zero-order valence-electron chi connectivity index (χ0n) is 19.8. The Balaban J connectivity index is 1.47. The van der Waals surface area contributed by atoms with Crippen LogP contribution in [-0.2, 0) is 28.7 Å². The third kappa shape index (κ3) is 7.86. The molecule has 2 fully saturated rings. The van der Waals surface area contributed by atoms with Crippen molar-refractivity contribution in [2.75, 3.05) is 52.6 Å². The Labute approximate surface area is 199 Å². The first-order valence-corrected chi connectivity index (χ1v) is 11.9. The van der Waals surface area contributed by atoms with Gasteiger partial charge in [-0.05, 0) is 39.0 Å². The van der Waals surface area contributed by atoms with Crippen molar-refractivity contribution in [3.05, 3.63) is 11.6 Å². The normalized spacial score (nSPS) is 24.4. The summed E-state index contributed by atoms with van der Waals surface area (Å²) in [6, 6.07) is -1.91. The highest BCUT2D eigenvalue weighted by Crippen LogP contribution is 2.31. The van der Waals surface area contributed by atoms with Crippen molar-refractivity contribution in [3.8, 4) is 0 Å². The van der Waals surface area contributed by atoms with E-state index in [1.54, 1.807) is 6.92 Å². The van der Waals surface area contributed by atoms with Gasteiger partial charge in [-0.15, -0.1) is 0 Å². The van der Waals surface area contributed by atoms with Crippen molar-refractivity contribution < 1.29 is 33.8 Å². The number of epoxide rings is 1. The third-order valence-corrected chi connectivity index (χ3v) is 6.33. The lowest BCUT2D eigenvalue weighted by molar-refractivity contribution is -0.133. The number of rotatable bonds is 12. The van der Waals surface area contributed by atoms with E-state index < -0.39 is 42.0 Å². The molecule has 34 heavy (non-hydrogen) atoms. The van der Waals surface area contributed by atoms with E-state index in [1.165, 1.54) is 0 Å². The number of ketones is 1. The fraction of sp³-hybridized carbons (Fsp3) is 0.739. The summed E-state index contributed by atoms with van der Waals surface area (Å²) in [5.74, 6) is -1.78. The fourth-order valence-corrected chi connectivity index (χ4v) is 4.11. The topological polar surface area (TPSA) is 150 Å². The summed E-state index contributed by atoms with van der Waals surface area (Å²) in [7, 11) is 0. The summed E-state index contributed by atoms with van der Waals surface area (Å²) >= 11 is 0. The maximum Gasteiger partial charge on any atom is 0.245 e. The Morgan fingerprint density at radius 3 is 2.44 bits per heavy atom. The van der Waals surface area contributed by atoms with Gasteiger partial charge >= 0.3 is 0 Å². The molecule has 0 aromatic heterocycles. The van der Waals surface area contributed by atoms with Gasteiger partial charge in [-0.1, -0.05) is 11.6 Å². The van der Waals surface area contributed by atoms with Gasteiger partial charge in [0.15, 0.2) is 5.78 Å². The molecule has 2 unspecified atom stereocenters. The van der Waals surface area contributed by atoms with Gasteiger partial charge < -0.3 is 30.5 Å². The SMILES string of the molecule is CC1(C(=O)[C@H](CC2=CCCCC2)NC(=O)CNC(=O)C(CO)NC(=O)CN2CCOCC2)CO1. The van der Waals surface area contributed by atoms with E-state index in [-0.39, 0.29) is 18.9 Å². The second-order valence-corrected chi connectivity index (χ2v) is 9.23. The molecule has 3 rings (SSSR count). The number of aliphatic hydroxyl groups is 1. The second-order valence-electron chi connectivity index (χ2n) is 9.23. The smallest absolute Gasteiger partial charge is 0.245 e. The Kier molecular flexibility index (Phi) is 9.57. The molecule has 1 aliphatic carbocycles. The largest absolute Gasteiger partial charge is 0.394 e. The molecule has 3 amide bonds. The lowest BCUT2D eigenvalue weighted by Crippen LogP contribution is -2.54. The number of carbonyl (C=O) groups is 4. The van der Waals surface area contributed by atoms with Crippen LogP contribution in [0.1, 0.15) is 39.0 Å². The number of nitrogens with one attached hydrogen (secondary N) is 3. The maximum absolute atomic E-state index is 12.9. The van der Waals surface area contributed by atoms with Crippen LogP contribution in [0, 0.1) is 0 Å². The molecule has 3 atom stereocenters. The van der Waals surface area contributed by atoms with Gasteiger partial charge in [0.05, 0.1) is 45.6 Å². The van der Waals surface area contributed by atoms with E-state index in [1.807, 2.05) is 4.90 Å². The predicted octanol–water partition coefficient (Wildman–Crippen LogP) is -1.35. The number of Topliss-reactive ketones (excluding diaryl/α,β-unsaturated/α-hetero) is 1. The number of nitrogens with zero attached hydrogens (tertiary/aromatic N) is 1. The molecule has 190 valence electrons. The molecule has 0 bridgehead atoms. The molecule has 0 radical (unpaired) electrons. The minimum atomic E-state index is -1.18. The molecular formula is C23H36N4O7. The van der Waals surface area contributed by atoms with Crippen molar-refractivity contribution in [1.29, 1.82) is 0 Å². The minimum absolute atomic E-state index is 0.0914. The molecule has 2 saturated heterocycles. The Morgan fingerprint density at radius 1 is 1.12 bits per heavy atom. The highest BCUT2D eigenvalue weighted by Gasteiger charge is 2.50. The quantitative estimate of drug-likeness (QED) is 0.198. The lowest BCUT2D eigenvalue weighted by Gasteiger charge is -2.26. The monoisotopic (exact) mass is 480 g/mol. The Hall–Kier alpha value is -2.34. The second kappa shape index (κ2) is 12.4. The molecule has 11 heteroatoms. The number of hydrogen-bond acceptors (Lipinski definition) is 8. The van der Waals surface area contributed by atoms with Crippen molar-refractivity contribution >= 4 is 23.5 Å². The van der Waals surface area contributed by atoms with Crippen LogP contribution < -0.4 is 16.0 Å². The first-order chi connectivity index (χ1) is 16.3. The van der Waals surface area contributed by atoms with E-state index in [0.717, 1.165) is 31.3 Å². The number of carbonyl (C=O) groups excluding carboxylic acids is 4. The molecule has 0 aromatic rings. The van der Waals surface area contributed by atoms with E-state index in [4.69, 9.17) is 9.47 Å². The number of aliphatic hydroxyl groups excluding tert-OH is 1. The van der Waals surface area contributed by atoms with E-state index >= 15 is 0 Å². The molecule has 0 spiro atoms. The summed E-state index contributed by atoms with van der Waals surface area (Å²) in [4.78, 5) is 51.9. The van der Waals surface area contributed by atoms with Crippen LogP contribution >= 0.6 is 0 Å². The molecule has 4 N–H and O–H groups in total. The third-order valence-electron chi connectivity index (χ3n) is 6.33. The van der Waals surface area contributed by atoms with Crippen LogP contribution in [0.2, 0.25) is 0 Å². The van der Waals surface area contributed by atoms with Crippen molar-refractivity contribution in [3.63, 3.8) is 0 Å². The van der Waals surface area contributed by atoms with Crippen molar-refractivity contribution in [2.45, 2.75) is 56.7 Å². The van der Waals surface area contributed by atoms with Crippen molar-refractivity contribution in [2.24, 2.45) is 0 Å². The van der Waals surface area contributed by atoms with Crippen molar-refractivity contribution in [1.82, 2.24) is 20.9 Å². The number of hydrogen-bond donors (Lipinski definition) is 4. The number of morpholine rings is 1. The van der Waals surface area contributed by atoms with Crippen LogP contribution in [0.25, 0.3) is 0 Å². The zero-order valence-corrected chi connectivity index (χ0v) is 19.8. The minimum Gasteiger partial charge on any atom is -0.394 e. The van der Waals surface area contributed by atoms with E-state index in [9.17, 15) is 24.3 Å². The highest BCUT2D eigenvalue weighted by molar-refractivity contribution is 5.97. The Bertz CT molecular complexity index is 790. The molecule has 0 aromatic carbocycles. The summed E-state index contributed by atoms with van der Waals surface area (Å²) in [5, 5.41) is 17.2. The van der Waals surface area contributed by atoms with Gasteiger partial charge in [0.1, 0.15) is 11.6 Å². The summed E-state index contributed by atoms with van der Waals surface area (Å²) in [6.45, 7) is 3.45. The lowest BCUT2D eigenvalue weighted by atomic mass is 9.90. The Morgan fingerprint density at radius 2 is 1.82 bits per heavy atom. The first kappa shape index (κ1) is 26.3. The van der Waals surface area contributed by atoms with Gasteiger partial charge in [0.2, 0.25) is 17.7 Å². The standard InChI is InChI=1S/C23H36N4O7/c1-23(15-34-23)21(31)17(11-16-5-3-2-4-6-16)25-19(29)12-24-22(32)18(14-28)26-20(30)13-27-7-9-33-10-8-27/h5,17-18,28H,2-4,6-15H2,1H3,(H,24,32)(H,25,29)(H,26,30)/t17-,18?,23?/m0/s1. The van der Waals surface area contributed by atoms with Crippen LogP contribution in [0.5, 0.6) is 0 Å². The van der Waals surface area contributed by atoms with Gasteiger partial charge in [0.25, 0.3) is 0 Å².